The highest BCUT2D eigenvalue weighted by Gasteiger charge is 2.38. The van der Waals surface area contributed by atoms with Gasteiger partial charge in [-0.15, -0.1) is 0 Å². The fourth-order valence-electron chi connectivity index (χ4n) is 2.21. The number of hydrogen-bond acceptors (Lipinski definition) is 2. The minimum absolute atomic E-state index is 0.401. The number of furan rings is 1. The Kier molecular flexibility index (Phi) is 2.16. The zero-order valence-corrected chi connectivity index (χ0v) is 7.99. The Morgan fingerprint density at radius 2 is 2.54 bits per heavy atom. The molecule has 1 aromatic heterocycles. The monoisotopic (exact) mass is 180 g/mol. The van der Waals surface area contributed by atoms with E-state index in [4.69, 9.17) is 4.42 Å². The van der Waals surface area contributed by atoms with E-state index in [1.807, 2.05) is 12.1 Å². The van der Waals surface area contributed by atoms with Crippen LogP contribution in [0.1, 0.15) is 31.9 Å². The molecule has 0 saturated heterocycles. The lowest BCUT2D eigenvalue weighted by atomic mass is 9.88. The minimum Gasteiger partial charge on any atom is -0.469 e. The maximum atomic E-state index is 10.3. The Morgan fingerprint density at radius 3 is 3.08 bits per heavy atom. The molecule has 1 saturated carbocycles. The van der Waals surface area contributed by atoms with Crippen LogP contribution < -0.4 is 0 Å². The second-order valence-electron chi connectivity index (χ2n) is 4.15. The van der Waals surface area contributed by atoms with E-state index in [0.29, 0.717) is 12.3 Å². The van der Waals surface area contributed by atoms with Crippen LogP contribution in [0.2, 0.25) is 0 Å². The molecule has 0 spiro atoms. The molecule has 13 heavy (non-hydrogen) atoms. The Labute approximate surface area is 78.6 Å². The van der Waals surface area contributed by atoms with Crippen LogP contribution in [-0.2, 0) is 6.42 Å². The van der Waals surface area contributed by atoms with Gasteiger partial charge < -0.3 is 9.52 Å². The van der Waals surface area contributed by atoms with Crippen LogP contribution in [0.3, 0.4) is 0 Å². The average molecular weight is 180 g/mol. The van der Waals surface area contributed by atoms with Crippen LogP contribution >= 0.6 is 0 Å². The molecule has 1 aromatic rings. The Bertz CT molecular complexity index is 266. The van der Waals surface area contributed by atoms with Crippen molar-refractivity contribution in [1.29, 1.82) is 0 Å². The van der Waals surface area contributed by atoms with E-state index in [0.717, 1.165) is 25.0 Å². The molecule has 0 bridgehead atoms. The summed E-state index contributed by atoms with van der Waals surface area (Å²) in [5.41, 5.74) is -0.516. The highest BCUT2D eigenvalue weighted by molar-refractivity contribution is 5.05. The molecule has 1 aliphatic carbocycles. The smallest absolute Gasteiger partial charge is 0.106 e. The first-order chi connectivity index (χ1) is 6.21. The maximum Gasteiger partial charge on any atom is 0.106 e. The summed E-state index contributed by atoms with van der Waals surface area (Å²) in [6, 6.07) is 3.81. The van der Waals surface area contributed by atoms with Gasteiger partial charge in [0, 0.05) is 6.42 Å². The predicted octanol–water partition coefficient (Wildman–Crippen LogP) is 2.37. The largest absolute Gasteiger partial charge is 0.469 e. The van der Waals surface area contributed by atoms with Crippen LogP contribution in [0.25, 0.3) is 0 Å². The summed E-state index contributed by atoms with van der Waals surface area (Å²) < 4.78 is 5.25. The van der Waals surface area contributed by atoms with Crippen molar-refractivity contribution >= 4 is 0 Å². The van der Waals surface area contributed by atoms with E-state index in [2.05, 4.69) is 6.92 Å². The first kappa shape index (κ1) is 8.82. The van der Waals surface area contributed by atoms with Crippen molar-refractivity contribution in [3.8, 4) is 0 Å². The SMILES string of the molecule is CC1CCCC1(O)Cc1ccco1. The van der Waals surface area contributed by atoms with E-state index in [1.165, 1.54) is 0 Å². The zero-order valence-electron chi connectivity index (χ0n) is 7.99. The van der Waals surface area contributed by atoms with Crippen LogP contribution in [0.5, 0.6) is 0 Å². The van der Waals surface area contributed by atoms with Gasteiger partial charge in [0.2, 0.25) is 0 Å². The first-order valence-corrected chi connectivity index (χ1v) is 4.95. The van der Waals surface area contributed by atoms with E-state index in [1.54, 1.807) is 6.26 Å². The number of rotatable bonds is 2. The van der Waals surface area contributed by atoms with Crippen molar-refractivity contribution in [2.75, 3.05) is 0 Å². The van der Waals surface area contributed by atoms with Gasteiger partial charge in [0.1, 0.15) is 5.76 Å². The molecule has 2 nitrogen and oxygen atoms in total. The lowest BCUT2D eigenvalue weighted by molar-refractivity contribution is 0.00522. The van der Waals surface area contributed by atoms with E-state index in [9.17, 15) is 5.11 Å². The highest BCUT2D eigenvalue weighted by atomic mass is 16.3. The molecule has 2 heteroatoms. The van der Waals surface area contributed by atoms with Crippen molar-refractivity contribution in [2.24, 2.45) is 5.92 Å². The molecule has 2 rings (SSSR count). The van der Waals surface area contributed by atoms with Crippen molar-refractivity contribution < 1.29 is 9.52 Å². The summed E-state index contributed by atoms with van der Waals surface area (Å²) >= 11 is 0. The van der Waals surface area contributed by atoms with Crippen LogP contribution in [-0.4, -0.2) is 10.7 Å². The van der Waals surface area contributed by atoms with Crippen molar-refractivity contribution in [1.82, 2.24) is 0 Å². The lowest BCUT2D eigenvalue weighted by Crippen LogP contribution is -2.33. The molecule has 0 amide bonds. The van der Waals surface area contributed by atoms with Gasteiger partial charge in [-0.1, -0.05) is 13.3 Å². The highest BCUT2D eigenvalue weighted by Crippen LogP contribution is 2.37. The third-order valence-electron chi connectivity index (χ3n) is 3.22. The Hall–Kier alpha value is -0.760. The lowest BCUT2D eigenvalue weighted by Gasteiger charge is -2.26. The van der Waals surface area contributed by atoms with Crippen LogP contribution in [0, 0.1) is 5.92 Å². The third-order valence-corrected chi connectivity index (χ3v) is 3.22. The molecule has 2 atom stereocenters. The Balaban J connectivity index is 2.08. The topological polar surface area (TPSA) is 33.4 Å². The van der Waals surface area contributed by atoms with E-state index >= 15 is 0 Å². The molecule has 1 aliphatic rings. The summed E-state index contributed by atoms with van der Waals surface area (Å²) in [6.07, 6.45) is 5.52. The summed E-state index contributed by atoms with van der Waals surface area (Å²) in [4.78, 5) is 0. The average Bonchev–Trinajstić information content (AvgIpc) is 2.65. The zero-order chi connectivity index (χ0) is 9.31. The summed E-state index contributed by atoms with van der Waals surface area (Å²) in [7, 11) is 0. The summed E-state index contributed by atoms with van der Waals surface area (Å²) in [6.45, 7) is 2.12. The van der Waals surface area contributed by atoms with Crippen molar-refractivity contribution in [3.63, 3.8) is 0 Å². The van der Waals surface area contributed by atoms with Crippen LogP contribution in [0.15, 0.2) is 22.8 Å². The van der Waals surface area contributed by atoms with Gasteiger partial charge in [0.25, 0.3) is 0 Å². The second kappa shape index (κ2) is 3.18. The van der Waals surface area contributed by atoms with Gasteiger partial charge in [-0.25, -0.2) is 0 Å². The standard InChI is InChI=1S/C11H16O2/c1-9-4-2-6-11(9,12)8-10-5-3-7-13-10/h3,5,7,9,12H,2,4,6,8H2,1H3. The minimum atomic E-state index is -0.516. The van der Waals surface area contributed by atoms with Gasteiger partial charge >= 0.3 is 0 Å². The molecular weight excluding hydrogens is 164 g/mol. The number of hydrogen-bond donors (Lipinski definition) is 1. The molecule has 0 radical (unpaired) electrons. The molecule has 1 fully saturated rings. The number of aliphatic hydroxyl groups is 1. The summed E-state index contributed by atoms with van der Waals surface area (Å²) in [5.74, 6) is 1.30. The predicted molar refractivity (Wildman–Crippen MR) is 50.4 cm³/mol. The molecule has 72 valence electrons. The van der Waals surface area contributed by atoms with Gasteiger partial charge in [-0.2, -0.15) is 0 Å². The summed E-state index contributed by atoms with van der Waals surface area (Å²) in [5, 5.41) is 10.3. The fraction of sp³-hybridized carbons (Fsp3) is 0.636. The maximum absolute atomic E-state index is 10.3. The van der Waals surface area contributed by atoms with Crippen LogP contribution in [0.4, 0.5) is 0 Å². The normalized spacial score (nSPS) is 33.8. The van der Waals surface area contributed by atoms with Gasteiger partial charge in [0.15, 0.2) is 0 Å². The van der Waals surface area contributed by atoms with Crippen molar-refractivity contribution in [2.45, 2.75) is 38.2 Å². The van der Waals surface area contributed by atoms with Gasteiger partial charge in [-0.3, -0.25) is 0 Å². The third kappa shape index (κ3) is 1.63. The first-order valence-electron chi connectivity index (χ1n) is 4.95. The fourth-order valence-corrected chi connectivity index (χ4v) is 2.21. The second-order valence-corrected chi connectivity index (χ2v) is 4.15. The molecule has 2 unspecified atom stereocenters. The van der Waals surface area contributed by atoms with Gasteiger partial charge in [0.05, 0.1) is 11.9 Å². The molecule has 1 heterocycles. The quantitative estimate of drug-likeness (QED) is 0.758. The van der Waals surface area contributed by atoms with E-state index in [-0.39, 0.29) is 0 Å². The molecule has 0 aliphatic heterocycles. The molecule has 0 aromatic carbocycles. The van der Waals surface area contributed by atoms with E-state index < -0.39 is 5.60 Å². The molecular formula is C11H16O2. The Morgan fingerprint density at radius 1 is 1.69 bits per heavy atom. The van der Waals surface area contributed by atoms with Gasteiger partial charge in [-0.05, 0) is 30.9 Å². The molecule has 1 N–H and O–H groups in total. The van der Waals surface area contributed by atoms with Crippen molar-refractivity contribution in [3.05, 3.63) is 24.2 Å².